The van der Waals surface area contributed by atoms with E-state index in [1.807, 2.05) is 0 Å². The second kappa shape index (κ2) is 7.00. The van der Waals surface area contributed by atoms with Crippen LogP contribution in [0.5, 0.6) is 0 Å². The summed E-state index contributed by atoms with van der Waals surface area (Å²) in [5, 5.41) is 2.77. The molecule has 1 saturated carbocycles. The third-order valence-electron chi connectivity index (χ3n) is 4.13. The molecule has 0 bridgehead atoms. The molecule has 23 heavy (non-hydrogen) atoms. The number of nitrogens with zero attached hydrogens (tertiary/aromatic N) is 2. The summed E-state index contributed by atoms with van der Waals surface area (Å²) in [5.41, 5.74) is 0.456. The zero-order valence-electron chi connectivity index (χ0n) is 12.3. The van der Waals surface area contributed by atoms with Crippen LogP contribution in [-0.2, 0) is 4.79 Å². The fraction of sp³-hybridized carbons (Fsp3) is 0.467. The molecule has 1 saturated heterocycles. The average Bonchev–Trinajstić information content (AvgIpc) is 2.87. The minimum Gasteiger partial charge on any atom is -0.347 e. The maximum absolute atomic E-state index is 12.4. The van der Waals surface area contributed by atoms with Gasteiger partial charge < -0.3 is 5.32 Å². The van der Waals surface area contributed by atoms with Crippen LogP contribution in [0.25, 0.3) is 0 Å². The van der Waals surface area contributed by atoms with E-state index in [1.54, 1.807) is 12.3 Å². The first kappa shape index (κ1) is 16.4. The third-order valence-corrected chi connectivity index (χ3v) is 5.40. The molecule has 8 heteroatoms. The molecule has 2 fully saturated rings. The summed E-state index contributed by atoms with van der Waals surface area (Å²) < 4.78 is 0.728. The molecular weight excluding hydrogens is 382 g/mol. The Balaban J connectivity index is 1.75. The van der Waals surface area contributed by atoms with Gasteiger partial charge in [0.25, 0.3) is 11.1 Å². The molecule has 0 aromatic carbocycles. The van der Waals surface area contributed by atoms with E-state index in [2.05, 4.69) is 26.2 Å². The van der Waals surface area contributed by atoms with Crippen LogP contribution in [0.3, 0.4) is 0 Å². The zero-order chi connectivity index (χ0) is 16.4. The zero-order valence-corrected chi connectivity index (χ0v) is 14.7. The van der Waals surface area contributed by atoms with E-state index in [0.717, 1.165) is 41.9 Å². The number of halogens is 1. The van der Waals surface area contributed by atoms with Crippen LogP contribution in [0.4, 0.5) is 4.79 Å². The smallest absolute Gasteiger partial charge is 0.289 e. The Labute approximate surface area is 146 Å². The van der Waals surface area contributed by atoms with E-state index in [4.69, 9.17) is 0 Å². The van der Waals surface area contributed by atoms with Gasteiger partial charge >= 0.3 is 0 Å². The van der Waals surface area contributed by atoms with Gasteiger partial charge in [-0.3, -0.25) is 24.3 Å². The average molecular weight is 398 g/mol. The summed E-state index contributed by atoms with van der Waals surface area (Å²) in [6.07, 6.45) is 6.54. The van der Waals surface area contributed by atoms with Gasteiger partial charge in [0.05, 0.1) is 23.4 Å². The van der Waals surface area contributed by atoms with Gasteiger partial charge in [-0.1, -0.05) is 24.6 Å². The normalized spacial score (nSPS) is 24.8. The molecule has 1 aliphatic carbocycles. The molecule has 2 aliphatic rings. The van der Waals surface area contributed by atoms with Gasteiger partial charge in [-0.2, -0.15) is 0 Å². The Kier molecular flexibility index (Phi) is 5.01. The van der Waals surface area contributed by atoms with Gasteiger partial charge in [0.2, 0.25) is 5.91 Å². The number of carbonyl (C=O) groups is 3. The van der Waals surface area contributed by atoms with Gasteiger partial charge in [0.1, 0.15) is 0 Å². The predicted octanol–water partition coefficient (Wildman–Crippen LogP) is 2.58. The highest BCUT2D eigenvalue weighted by molar-refractivity contribution is 9.10. The SMILES string of the molecule is O=C(N[C@H]1CCCC[C@@H]1N1C(=O)CSC1=O)c1cncc(Br)c1. The molecule has 0 radical (unpaired) electrons. The Hall–Kier alpha value is -1.41. The van der Waals surface area contributed by atoms with Crippen molar-refractivity contribution in [2.24, 2.45) is 0 Å². The van der Waals surface area contributed by atoms with E-state index < -0.39 is 0 Å². The molecule has 6 nitrogen and oxygen atoms in total. The quantitative estimate of drug-likeness (QED) is 0.847. The molecule has 0 spiro atoms. The van der Waals surface area contributed by atoms with Crippen LogP contribution in [0.15, 0.2) is 22.9 Å². The number of thioether (sulfide) groups is 1. The maximum Gasteiger partial charge on any atom is 0.289 e. The number of amides is 3. The highest BCUT2D eigenvalue weighted by Gasteiger charge is 2.41. The van der Waals surface area contributed by atoms with Crippen molar-refractivity contribution < 1.29 is 14.4 Å². The van der Waals surface area contributed by atoms with Gasteiger partial charge in [-0.15, -0.1) is 0 Å². The van der Waals surface area contributed by atoms with Gasteiger partial charge in [0.15, 0.2) is 0 Å². The number of imide groups is 1. The predicted molar refractivity (Wildman–Crippen MR) is 90.1 cm³/mol. The molecule has 2 atom stereocenters. The van der Waals surface area contributed by atoms with Crippen molar-refractivity contribution in [3.63, 3.8) is 0 Å². The van der Waals surface area contributed by atoms with Crippen molar-refractivity contribution in [3.05, 3.63) is 28.5 Å². The summed E-state index contributed by atoms with van der Waals surface area (Å²) in [5.74, 6) is -0.191. The van der Waals surface area contributed by atoms with Crippen molar-refractivity contribution in [2.45, 2.75) is 37.8 Å². The van der Waals surface area contributed by atoms with Crippen molar-refractivity contribution >= 4 is 44.7 Å². The lowest BCUT2D eigenvalue weighted by Crippen LogP contribution is -2.54. The molecule has 1 aromatic rings. The lowest BCUT2D eigenvalue weighted by Gasteiger charge is -2.36. The molecule has 0 unspecified atom stereocenters. The minimum absolute atomic E-state index is 0.157. The summed E-state index contributed by atoms with van der Waals surface area (Å²) >= 11 is 4.33. The lowest BCUT2D eigenvalue weighted by atomic mass is 9.89. The number of hydrogen-bond acceptors (Lipinski definition) is 5. The van der Waals surface area contributed by atoms with Crippen molar-refractivity contribution in [1.82, 2.24) is 15.2 Å². The number of carbonyl (C=O) groups excluding carboxylic acids is 3. The van der Waals surface area contributed by atoms with Gasteiger partial charge in [-0.25, -0.2) is 0 Å². The number of pyridine rings is 1. The maximum atomic E-state index is 12.4. The summed E-state index contributed by atoms with van der Waals surface area (Å²) in [6.45, 7) is 0. The van der Waals surface area contributed by atoms with Crippen LogP contribution >= 0.6 is 27.7 Å². The van der Waals surface area contributed by atoms with E-state index in [1.165, 1.54) is 11.1 Å². The molecule has 1 N–H and O–H groups in total. The Morgan fingerprint density at radius 3 is 2.78 bits per heavy atom. The van der Waals surface area contributed by atoms with E-state index in [-0.39, 0.29) is 34.9 Å². The number of aromatic nitrogens is 1. The number of rotatable bonds is 3. The van der Waals surface area contributed by atoms with Crippen molar-refractivity contribution in [3.8, 4) is 0 Å². The van der Waals surface area contributed by atoms with Crippen LogP contribution in [0.1, 0.15) is 36.0 Å². The first-order valence-electron chi connectivity index (χ1n) is 7.46. The fourth-order valence-corrected chi connectivity index (χ4v) is 4.19. The summed E-state index contributed by atoms with van der Waals surface area (Å²) in [7, 11) is 0. The van der Waals surface area contributed by atoms with Gasteiger partial charge in [-0.05, 0) is 34.8 Å². The fourth-order valence-electron chi connectivity index (χ4n) is 3.06. The monoisotopic (exact) mass is 397 g/mol. The van der Waals surface area contributed by atoms with Crippen LogP contribution in [-0.4, -0.2) is 44.8 Å². The topological polar surface area (TPSA) is 79.4 Å². The molecule has 1 aromatic heterocycles. The van der Waals surface area contributed by atoms with Crippen LogP contribution in [0.2, 0.25) is 0 Å². The largest absolute Gasteiger partial charge is 0.347 e. The first-order chi connectivity index (χ1) is 11.1. The molecule has 3 amide bonds. The minimum atomic E-state index is -0.247. The molecular formula is C15H16BrN3O3S. The third kappa shape index (κ3) is 3.58. The Morgan fingerprint density at radius 1 is 1.30 bits per heavy atom. The van der Waals surface area contributed by atoms with E-state index in [0.29, 0.717) is 5.56 Å². The van der Waals surface area contributed by atoms with Gasteiger partial charge in [0, 0.05) is 16.9 Å². The molecule has 2 heterocycles. The highest BCUT2D eigenvalue weighted by Crippen LogP contribution is 2.30. The first-order valence-corrected chi connectivity index (χ1v) is 9.24. The Bertz CT molecular complexity index is 639. The van der Waals surface area contributed by atoms with Crippen molar-refractivity contribution in [1.29, 1.82) is 0 Å². The number of hydrogen-bond donors (Lipinski definition) is 1. The summed E-state index contributed by atoms with van der Waals surface area (Å²) in [4.78, 5) is 41.7. The van der Waals surface area contributed by atoms with E-state index >= 15 is 0 Å². The van der Waals surface area contributed by atoms with Crippen molar-refractivity contribution in [2.75, 3.05) is 5.75 Å². The van der Waals surface area contributed by atoms with E-state index in [9.17, 15) is 14.4 Å². The summed E-state index contributed by atoms with van der Waals surface area (Å²) in [6, 6.07) is 1.24. The second-order valence-electron chi connectivity index (χ2n) is 5.64. The highest BCUT2D eigenvalue weighted by atomic mass is 79.9. The molecule has 122 valence electrons. The second-order valence-corrected chi connectivity index (χ2v) is 7.48. The van der Waals surface area contributed by atoms with Crippen LogP contribution < -0.4 is 5.32 Å². The van der Waals surface area contributed by atoms with Crippen LogP contribution in [0, 0.1) is 0 Å². The lowest BCUT2D eigenvalue weighted by molar-refractivity contribution is -0.127. The molecule has 1 aliphatic heterocycles. The standard InChI is InChI=1S/C15H16BrN3O3S/c16-10-5-9(6-17-7-10)14(21)18-11-3-1-2-4-12(11)19-13(20)8-23-15(19)22/h5-7,11-12H,1-4,8H2,(H,18,21)/t11-,12-/m0/s1. The molecule has 3 rings (SSSR count). The number of nitrogens with one attached hydrogen (secondary N) is 1. The Morgan fingerprint density at radius 2 is 2.09 bits per heavy atom.